The summed E-state index contributed by atoms with van der Waals surface area (Å²) in [4.78, 5) is 7.75. The lowest BCUT2D eigenvalue weighted by atomic mass is 10.7. The fourth-order valence-electron chi connectivity index (χ4n) is 0.600. The van der Waals surface area contributed by atoms with Crippen LogP contribution in [0, 0.1) is 0 Å². The molecule has 0 aromatic carbocycles. The van der Waals surface area contributed by atoms with E-state index in [4.69, 9.17) is 11.5 Å². The van der Waals surface area contributed by atoms with Crippen molar-refractivity contribution in [3.63, 3.8) is 0 Å². The van der Waals surface area contributed by atoms with Gasteiger partial charge < -0.3 is 11.5 Å². The van der Waals surface area contributed by atoms with Crippen molar-refractivity contribution in [3.05, 3.63) is 12.3 Å². The molecule has 4 nitrogen and oxygen atoms in total. The zero-order valence-electron chi connectivity index (χ0n) is 6.03. The molecular formula is C6H10N4S. The van der Waals surface area contributed by atoms with E-state index >= 15 is 0 Å². The highest BCUT2D eigenvalue weighted by Gasteiger charge is 1.94. The predicted molar refractivity (Wildman–Crippen MR) is 46.2 cm³/mol. The van der Waals surface area contributed by atoms with Gasteiger partial charge in [0, 0.05) is 18.5 Å². The van der Waals surface area contributed by atoms with Crippen molar-refractivity contribution in [2.45, 2.75) is 5.03 Å². The zero-order valence-corrected chi connectivity index (χ0v) is 6.84. The molecular weight excluding hydrogens is 160 g/mol. The topological polar surface area (TPSA) is 77.8 Å². The van der Waals surface area contributed by atoms with Crippen LogP contribution in [0.25, 0.3) is 0 Å². The van der Waals surface area contributed by atoms with Gasteiger partial charge in [0.1, 0.15) is 5.03 Å². The summed E-state index contributed by atoms with van der Waals surface area (Å²) in [5.41, 5.74) is 10.7. The summed E-state index contributed by atoms with van der Waals surface area (Å²) in [6, 6.07) is 1.82. The van der Waals surface area contributed by atoms with Gasteiger partial charge >= 0.3 is 0 Å². The van der Waals surface area contributed by atoms with Crippen molar-refractivity contribution in [3.8, 4) is 0 Å². The maximum absolute atomic E-state index is 5.36. The maximum Gasteiger partial charge on any atom is 0.221 e. The fourth-order valence-corrected chi connectivity index (χ4v) is 1.24. The number of nitrogens with two attached hydrogens (primary N) is 2. The van der Waals surface area contributed by atoms with E-state index in [0.29, 0.717) is 12.5 Å². The first-order valence-corrected chi connectivity index (χ1v) is 4.23. The monoisotopic (exact) mass is 170 g/mol. The Kier molecular flexibility index (Phi) is 3.13. The molecule has 1 aromatic rings. The van der Waals surface area contributed by atoms with E-state index in [2.05, 4.69) is 9.97 Å². The van der Waals surface area contributed by atoms with Gasteiger partial charge in [-0.1, -0.05) is 0 Å². The van der Waals surface area contributed by atoms with Gasteiger partial charge in [-0.2, -0.15) is 0 Å². The Balaban J connectivity index is 2.56. The second-order valence-electron chi connectivity index (χ2n) is 1.89. The predicted octanol–water partition coefficient (Wildman–Crippen LogP) is 0.110. The Bertz CT molecular complexity index is 228. The molecule has 0 aliphatic heterocycles. The normalized spacial score (nSPS) is 9.91. The lowest BCUT2D eigenvalue weighted by Gasteiger charge is -1.97. The third-order valence-corrected chi connectivity index (χ3v) is 1.98. The quantitative estimate of drug-likeness (QED) is 0.497. The highest BCUT2D eigenvalue weighted by atomic mass is 32.2. The van der Waals surface area contributed by atoms with Gasteiger partial charge in [-0.3, -0.25) is 0 Å². The number of anilines is 1. The Morgan fingerprint density at radius 2 is 2.36 bits per heavy atom. The SMILES string of the molecule is NCCSc1ccnc(N)n1. The Morgan fingerprint density at radius 1 is 1.55 bits per heavy atom. The molecule has 60 valence electrons. The van der Waals surface area contributed by atoms with Crippen LogP contribution in [0.1, 0.15) is 0 Å². The number of thioether (sulfide) groups is 1. The molecule has 5 heteroatoms. The Morgan fingerprint density at radius 3 is 3.00 bits per heavy atom. The van der Waals surface area contributed by atoms with Gasteiger partial charge in [0.05, 0.1) is 0 Å². The molecule has 0 saturated carbocycles. The highest BCUT2D eigenvalue weighted by Crippen LogP contribution is 2.13. The van der Waals surface area contributed by atoms with Crippen molar-refractivity contribution >= 4 is 17.7 Å². The van der Waals surface area contributed by atoms with Gasteiger partial charge in [-0.25, -0.2) is 9.97 Å². The zero-order chi connectivity index (χ0) is 8.10. The first-order chi connectivity index (χ1) is 5.33. The van der Waals surface area contributed by atoms with Gasteiger partial charge in [0.15, 0.2) is 0 Å². The lowest BCUT2D eigenvalue weighted by molar-refractivity contribution is 1.06. The second kappa shape index (κ2) is 4.15. The van der Waals surface area contributed by atoms with Gasteiger partial charge in [-0.05, 0) is 6.07 Å². The van der Waals surface area contributed by atoms with Crippen LogP contribution in [-0.4, -0.2) is 22.3 Å². The lowest BCUT2D eigenvalue weighted by Crippen LogP contribution is -2.02. The summed E-state index contributed by atoms with van der Waals surface area (Å²) in [6.45, 7) is 0.647. The molecule has 0 bridgehead atoms. The number of rotatable bonds is 3. The molecule has 1 rings (SSSR count). The molecule has 1 heterocycles. The van der Waals surface area contributed by atoms with E-state index in [9.17, 15) is 0 Å². The van der Waals surface area contributed by atoms with Crippen LogP contribution in [0.15, 0.2) is 17.3 Å². The summed E-state index contributed by atoms with van der Waals surface area (Å²) >= 11 is 1.58. The van der Waals surface area contributed by atoms with Crippen LogP contribution in [0.2, 0.25) is 0 Å². The van der Waals surface area contributed by atoms with E-state index in [1.165, 1.54) is 0 Å². The van der Waals surface area contributed by atoms with E-state index in [-0.39, 0.29) is 0 Å². The first kappa shape index (κ1) is 8.29. The molecule has 0 fully saturated rings. The number of hydrogen-bond acceptors (Lipinski definition) is 5. The van der Waals surface area contributed by atoms with E-state index in [0.717, 1.165) is 10.8 Å². The number of nitrogens with zero attached hydrogens (tertiary/aromatic N) is 2. The Hall–Kier alpha value is -0.810. The standard InChI is InChI=1S/C6H10N4S/c7-2-4-11-5-1-3-9-6(8)10-5/h1,3H,2,4,7H2,(H2,8,9,10). The fraction of sp³-hybridized carbons (Fsp3) is 0.333. The summed E-state index contributed by atoms with van der Waals surface area (Å²) < 4.78 is 0. The largest absolute Gasteiger partial charge is 0.368 e. The van der Waals surface area contributed by atoms with E-state index in [1.807, 2.05) is 6.07 Å². The number of nitrogen functional groups attached to an aromatic ring is 1. The number of hydrogen-bond donors (Lipinski definition) is 2. The highest BCUT2D eigenvalue weighted by molar-refractivity contribution is 7.99. The molecule has 11 heavy (non-hydrogen) atoms. The summed E-state index contributed by atoms with van der Waals surface area (Å²) in [6.07, 6.45) is 1.64. The Labute approximate surface area is 69.4 Å². The second-order valence-corrected chi connectivity index (χ2v) is 3.01. The summed E-state index contributed by atoms with van der Waals surface area (Å²) in [5.74, 6) is 1.17. The molecule has 0 amide bonds. The van der Waals surface area contributed by atoms with Crippen molar-refractivity contribution in [2.24, 2.45) is 5.73 Å². The van der Waals surface area contributed by atoms with Crippen LogP contribution < -0.4 is 11.5 Å². The van der Waals surface area contributed by atoms with Crippen LogP contribution in [-0.2, 0) is 0 Å². The molecule has 0 atom stereocenters. The van der Waals surface area contributed by atoms with Gasteiger partial charge in [0.2, 0.25) is 5.95 Å². The minimum absolute atomic E-state index is 0.312. The number of aromatic nitrogens is 2. The average Bonchev–Trinajstić information content (AvgIpc) is 2.01. The van der Waals surface area contributed by atoms with Crippen LogP contribution >= 0.6 is 11.8 Å². The molecule has 0 spiro atoms. The molecule has 0 radical (unpaired) electrons. The van der Waals surface area contributed by atoms with E-state index < -0.39 is 0 Å². The minimum Gasteiger partial charge on any atom is -0.368 e. The van der Waals surface area contributed by atoms with Crippen molar-refractivity contribution in [1.82, 2.24) is 9.97 Å². The molecule has 1 aromatic heterocycles. The summed E-state index contributed by atoms with van der Waals surface area (Å²) in [7, 11) is 0. The van der Waals surface area contributed by atoms with Crippen molar-refractivity contribution < 1.29 is 0 Å². The van der Waals surface area contributed by atoms with Crippen molar-refractivity contribution in [1.29, 1.82) is 0 Å². The first-order valence-electron chi connectivity index (χ1n) is 3.24. The molecule has 0 aliphatic rings. The van der Waals surface area contributed by atoms with E-state index in [1.54, 1.807) is 18.0 Å². The summed E-state index contributed by atoms with van der Waals surface area (Å²) in [5, 5.41) is 0.878. The smallest absolute Gasteiger partial charge is 0.221 e. The third kappa shape index (κ3) is 2.73. The van der Waals surface area contributed by atoms with Crippen LogP contribution in [0.4, 0.5) is 5.95 Å². The van der Waals surface area contributed by atoms with Gasteiger partial charge in [0.25, 0.3) is 0 Å². The molecule has 0 unspecified atom stereocenters. The van der Waals surface area contributed by atoms with Crippen molar-refractivity contribution in [2.75, 3.05) is 18.0 Å². The maximum atomic E-state index is 5.36. The molecule has 4 N–H and O–H groups in total. The molecule has 0 aliphatic carbocycles. The van der Waals surface area contributed by atoms with Crippen LogP contribution in [0.5, 0.6) is 0 Å². The molecule has 0 saturated heterocycles. The third-order valence-electron chi connectivity index (χ3n) is 1.02. The van der Waals surface area contributed by atoms with Crippen LogP contribution in [0.3, 0.4) is 0 Å². The average molecular weight is 170 g/mol. The van der Waals surface area contributed by atoms with Gasteiger partial charge in [-0.15, -0.1) is 11.8 Å². The minimum atomic E-state index is 0.312.